The first-order valence-corrected chi connectivity index (χ1v) is 10.6. The van der Waals surface area contributed by atoms with Crippen molar-refractivity contribution in [2.24, 2.45) is 0 Å². The third-order valence-electron chi connectivity index (χ3n) is 5.54. The Bertz CT molecular complexity index is 1200. The maximum atomic E-state index is 12.9. The summed E-state index contributed by atoms with van der Waals surface area (Å²) in [5.41, 5.74) is 2.00. The molecule has 4 rings (SSSR count). The monoisotopic (exact) mass is 434 g/mol. The van der Waals surface area contributed by atoms with E-state index >= 15 is 0 Å². The lowest BCUT2D eigenvalue weighted by molar-refractivity contribution is -0.130. The van der Waals surface area contributed by atoms with Crippen LogP contribution in [0.25, 0.3) is 11.0 Å². The average molecular weight is 434 g/mol. The van der Waals surface area contributed by atoms with Gasteiger partial charge in [-0.2, -0.15) is 0 Å². The molecule has 1 fully saturated rings. The summed E-state index contributed by atoms with van der Waals surface area (Å²) in [6.45, 7) is 10.3. The van der Waals surface area contributed by atoms with Crippen LogP contribution in [-0.4, -0.2) is 53.6 Å². The first kappa shape index (κ1) is 21.5. The number of hydrogen-bond acceptors (Lipinski definition) is 7. The van der Waals surface area contributed by atoms with E-state index in [1.165, 1.54) is 0 Å². The number of carbonyl (C=O) groups excluding carboxylic acids is 1. The Morgan fingerprint density at radius 3 is 2.59 bits per heavy atom. The predicted octanol–water partition coefficient (Wildman–Crippen LogP) is 2.74. The molecule has 1 aliphatic heterocycles. The van der Waals surface area contributed by atoms with Gasteiger partial charge in [0.05, 0.1) is 12.0 Å². The maximum Gasteiger partial charge on any atom is 0.340 e. The van der Waals surface area contributed by atoms with E-state index in [0.29, 0.717) is 55.6 Å². The Kier molecular flexibility index (Phi) is 6.20. The summed E-state index contributed by atoms with van der Waals surface area (Å²) in [4.78, 5) is 37.9. The molecule has 166 valence electrons. The van der Waals surface area contributed by atoms with Gasteiger partial charge in [0.15, 0.2) is 0 Å². The van der Waals surface area contributed by atoms with Crippen molar-refractivity contribution in [2.45, 2.75) is 20.3 Å². The van der Waals surface area contributed by atoms with Crippen LogP contribution in [0.5, 0.6) is 5.75 Å². The number of ether oxygens (including phenoxy) is 1. The van der Waals surface area contributed by atoms with Gasteiger partial charge in [-0.25, -0.2) is 14.8 Å². The molecule has 0 aliphatic carbocycles. The Hall–Kier alpha value is -3.68. The van der Waals surface area contributed by atoms with E-state index in [-0.39, 0.29) is 12.3 Å². The van der Waals surface area contributed by atoms with Gasteiger partial charge in [-0.05, 0) is 43.2 Å². The van der Waals surface area contributed by atoms with Gasteiger partial charge in [0.25, 0.3) is 0 Å². The molecule has 1 aromatic carbocycles. The molecular weight excluding hydrogens is 408 g/mol. The molecule has 32 heavy (non-hydrogen) atoms. The second kappa shape index (κ2) is 9.21. The molecule has 8 heteroatoms. The summed E-state index contributed by atoms with van der Waals surface area (Å²) in [7, 11) is 0. The maximum absolute atomic E-state index is 12.9. The number of aryl methyl sites for hydroxylation is 1. The zero-order chi connectivity index (χ0) is 22.7. The van der Waals surface area contributed by atoms with Gasteiger partial charge in [0.1, 0.15) is 17.9 Å². The number of fused-ring (bicyclic) bond motifs is 1. The Labute approximate surface area is 186 Å². The van der Waals surface area contributed by atoms with Crippen LogP contribution in [0.15, 0.2) is 58.0 Å². The number of anilines is 1. The molecule has 8 nitrogen and oxygen atoms in total. The highest BCUT2D eigenvalue weighted by atomic mass is 16.5. The largest absolute Gasteiger partial charge is 0.489 e. The molecule has 0 saturated carbocycles. The molecule has 3 heterocycles. The summed E-state index contributed by atoms with van der Waals surface area (Å²) >= 11 is 0. The van der Waals surface area contributed by atoms with E-state index in [1.54, 1.807) is 29.4 Å². The standard InChI is InChI=1S/C24H26N4O4/c1-16(2)15-31-18-5-6-19-17(3)20(23(30)32-21(19)13-18)14-22(29)27-9-11-28(12-10-27)24-25-7-4-8-26-24/h4-8,13H,1,9-12,14-15H2,2-3H3. The van der Waals surface area contributed by atoms with Crippen LogP contribution in [0.1, 0.15) is 18.1 Å². The molecule has 2 aromatic heterocycles. The summed E-state index contributed by atoms with van der Waals surface area (Å²) < 4.78 is 11.2. The topological polar surface area (TPSA) is 88.8 Å². The van der Waals surface area contributed by atoms with Crippen molar-refractivity contribution in [2.75, 3.05) is 37.7 Å². The van der Waals surface area contributed by atoms with E-state index in [9.17, 15) is 9.59 Å². The fourth-order valence-corrected chi connectivity index (χ4v) is 3.75. The molecule has 1 aliphatic rings. The normalized spacial score (nSPS) is 13.9. The van der Waals surface area contributed by atoms with Gasteiger partial charge in [0.2, 0.25) is 11.9 Å². The first-order valence-electron chi connectivity index (χ1n) is 10.6. The number of nitrogens with zero attached hydrogens (tertiary/aromatic N) is 4. The minimum absolute atomic E-state index is 0.0137. The molecule has 3 aromatic rings. The number of amides is 1. The number of aromatic nitrogens is 2. The summed E-state index contributed by atoms with van der Waals surface area (Å²) in [6.07, 6.45) is 3.42. The molecule has 0 radical (unpaired) electrons. The van der Waals surface area contributed by atoms with E-state index in [2.05, 4.69) is 16.5 Å². The van der Waals surface area contributed by atoms with Crippen LogP contribution in [0, 0.1) is 6.92 Å². The van der Waals surface area contributed by atoms with Gasteiger partial charge in [-0.1, -0.05) is 6.58 Å². The number of piperazine rings is 1. The van der Waals surface area contributed by atoms with Gasteiger partial charge < -0.3 is 19.0 Å². The van der Waals surface area contributed by atoms with Gasteiger partial charge in [-0.15, -0.1) is 0 Å². The lowest BCUT2D eigenvalue weighted by Gasteiger charge is -2.34. The molecular formula is C24H26N4O4. The molecule has 1 saturated heterocycles. The van der Waals surface area contributed by atoms with E-state index in [4.69, 9.17) is 9.15 Å². The van der Waals surface area contributed by atoms with Gasteiger partial charge in [-0.3, -0.25) is 4.79 Å². The number of hydrogen-bond donors (Lipinski definition) is 0. The minimum Gasteiger partial charge on any atom is -0.489 e. The zero-order valence-electron chi connectivity index (χ0n) is 18.3. The fraction of sp³-hybridized carbons (Fsp3) is 0.333. The van der Waals surface area contributed by atoms with Crippen LogP contribution in [0.2, 0.25) is 0 Å². The second-order valence-electron chi connectivity index (χ2n) is 7.99. The lowest BCUT2D eigenvalue weighted by Crippen LogP contribution is -2.49. The first-order chi connectivity index (χ1) is 15.4. The molecule has 0 N–H and O–H groups in total. The molecule has 0 spiro atoms. The predicted molar refractivity (Wildman–Crippen MR) is 122 cm³/mol. The van der Waals surface area contributed by atoms with Gasteiger partial charge >= 0.3 is 5.63 Å². The van der Waals surface area contributed by atoms with Crippen molar-refractivity contribution in [3.05, 3.63) is 70.4 Å². The number of carbonyl (C=O) groups is 1. The van der Waals surface area contributed by atoms with Crippen LogP contribution >= 0.6 is 0 Å². The molecule has 0 bridgehead atoms. The van der Waals surface area contributed by atoms with E-state index < -0.39 is 5.63 Å². The highest BCUT2D eigenvalue weighted by molar-refractivity contribution is 5.85. The summed E-state index contributed by atoms with van der Waals surface area (Å²) in [5.74, 6) is 1.18. The lowest BCUT2D eigenvalue weighted by atomic mass is 10.0. The minimum atomic E-state index is -0.489. The van der Waals surface area contributed by atoms with Crippen molar-refractivity contribution in [3.8, 4) is 5.75 Å². The third kappa shape index (κ3) is 4.64. The highest BCUT2D eigenvalue weighted by Gasteiger charge is 2.24. The fourth-order valence-electron chi connectivity index (χ4n) is 3.75. The van der Waals surface area contributed by atoms with Gasteiger partial charge in [0, 0.05) is 50.0 Å². The Morgan fingerprint density at radius 2 is 1.91 bits per heavy atom. The molecule has 0 atom stereocenters. The SMILES string of the molecule is C=C(C)COc1ccc2c(C)c(CC(=O)N3CCN(c4ncccn4)CC3)c(=O)oc2c1. The van der Waals surface area contributed by atoms with Crippen molar-refractivity contribution in [1.29, 1.82) is 0 Å². The van der Waals surface area contributed by atoms with Crippen molar-refractivity contribution in [3.63, 3.8) is 0 Å². The molecule has 0 unspecified atom stereocenters. The van der Waals surface area contributed by atoms with Crippen molar-refractivity contribution >= 4 is 22.8 Å². The third-order valence-corrected chi connectivity index (χ3v) is 5.54. The average Bonchev–Trinajstić information content (AvgIpc) is 2.80. The van der Waals surface area contributed by atoms with Crippen molar-refractivity contribution in [1.82, 2.24) is 14.9 Å². The van der Waals surface area contributed by atoms with E-state index in [0.717, 1.165) is 16.5 Å². The van der Waals surface area contributed by atoms with Crippen LogP contribution in [0.3, 0.4) is 0 Å². The number of rotatable bonds is 6. The van der Waals surface area contributed by atoms with Crippen molar-refractivity contribution < 1.29 is 13.9 Å². The Morgan fingerprint density at radius 1 is 1.19 bits per heavy atom. The van der Waals surface area contributed by atoms with Crippen LogP contribution in [-0.2, 0) is 11.2 Å². The van der Waals surface area contributed by atoms with E-state index in [1.807, 2.05) is 30.9 Å². The summed E-state index contributed by atoms with van der Waals surface area (Å²) in [5, 5.41) is 0.793. The summed E-state index contributed by atoms with van der Waals surface area (Å²) in [6, 6.07) is 7.16. The Balaban J connectivity index is 1.46. The highest BCUT2D eigenvalue weighted by Crippen LogP contribution is 2.25. The molecule has 1 amide bonds. The number of benzene rings is 1. The van der Waals surface area contributed by atoms with Crippen LogP contribution < -0.4 is 15.3 Å². The quantitative estimate of drug-likeness (QED) is 0.435. The van der Waals surface area contributed by atoms with Crippen LogP contribution in [0.4, 0.5) is 5.95 Å². The zero-order valence-corrected chi connectivity index (χ0v) is 18.3. The smallest absolute Gasteiger partial charge is 0.340 e. The second-order valence-corrected chi connectivity index (χ2v) is 7.99.